The molecule has 2 aromatic rings. The first-order valence-electron chi connectivity index (χ1n) is 5.60. The molecule has 0 heterocycles. The molecule has 0 atom stereocenters. The second-order valence-corrected chi connectivity index (χ2v) is 4.57. The molecule has 0 bridgehead atoms. The van der Waals surface area contributed by atoms with E-state index in [0.717, 1.165) is 6.07 Å². The quantitative estimate of drug-likeness (QED) is 0.822. The van der Waals surface area contributed by atoms with Crippen LogP contribution in [0, 0.1) is 24.4 Å². The molecule has 0 unspecified atom stereocenters. The normalized spacial score (nSPS) is 10.4. The Kier molecular flexibility index (Phi) is 3.99. The molecule has 0 aliphatic rings. The number of anilines is 1. The fraction of sp³-hybridized carbons (Fsp3) is 0.0714. The van der Waals surface area contributed by atoms with Crippen LogP contribution in [0.3, 0.4) is 0 Å². The molecule has 0 radical (unpaired) electrons. The first-order chi connectivity index (χ1) is 9.38. The molecule has 0 saturated heterocycles. The first-order valence-corrected chi connectivity index (χ1v) is 5.98. The van der Waals surface area contributed by atoms with Crippen molar-refractivity contribution in [3.05, 3.63) is 63.9 Å². The van der Waals surface area contributed by atoms with E-state index in [1.807, 2.05) is 0 Å². The lowest BCUT2D eigenvalue weighted by Gasteiger charge is -2.10. The maximum absolute atomic E-state index is 13.1. The monoisotopic (exact) mass is 299 g/mol. The molecule has 0 saturated carbocycles. The second-order valence-electron chi connectivity index (χ2n) is 4.16. The van der Waals surface area contributed by atoms with Crippen molar-refractivity contribution in [3.8, 4) is 0 Å². The predicted molar refractivity (Wildman–Crippen MR) is 70.5 cm³/mol. The minimum atomic E-state index is -1.18. The molecular weight excluding hydrogens is 291 g/mol. The van der Waals surface area contributed by atoms with Gasteiger partial charge in [-0.25, -0.2) is 13.2 Å². The third-order valence-corrected chi connectivity index (χ3v) is 3.02. The maximum Gasteiger partial charge on any atom is 0.257 e. The van der Waals surface area contributed by atoms with Crippen LogP contribution in [0.2, 0.25) is 5.02 Å². The zero-order valence-corrected chi connectivity index (χ0v) is 11.1. The van der Waals surface area contributed by atoms with Gasteiger partial charge in [-0.15, -0.1) is 0 Å². The van der Waals surface area contributed by atoms with Crippen molar-refractivity contribution in [2.75, 3.05) is 5.32 Å². The molecule has 0 aromatic heterocycles. The van der Waals surface area contributed by atoms with Crippen LogP contribution in [0.1, 0.15) is 15.9 Å². The van der Waals surface area contributed by atoms with Crippen molar-refractivity contribution in [3.63, 3.8) is 0 Å². The van der Waals surface area contributed by atoms with Crippen LogP contribution >= 0.6 is 11.6 Å². The van der Waals surface area contributed by atoms with E-state index < -0.39 is 23.4 Å². The Labute approximate surface area is 118 Å². The standard InChI is InChI=1S/C14H9ClF3NO/c1-7-2-3-8(16)4-13(7)19-14(20)9-5-11(17)12(18)6-10(9)15/h2-6H,1H3,(H,19,20). The number of nitrogens with one attached hydrogen (secondary N) is 1. The lowest BCUT2D eigenvalue weighted by atomic mass is 10.1. The zero-order valence-electron chi connectivity index (χ0n) is 10.3. The molecule has 0 fully saturated rings. The third-order valence-electron chi connectivity index (χ3n) is 2.70. The van der Waals surface area contributed by atoms with Crippen molar-refractivity contribution in [2.24, 2.45) is 0 Å². The van der Waals surface area contributed by atoms with E-state index in [-0.39, 0.29) is 16.3 Å². The van der Waals surface area contributed by atoms with Crippen LogP contribution in [0.5, 0.6) is 0 Å². The van der Waals surface area contributed by atoms with E-state index in [0.29, 0.717) is 17.7 Å². The number of rotatable bonds is 2. The Morgan fingerprint density at radius 2 is 1.75 bits per heavy atom. The number of halogens is 4. The molecule has 0 aliphatic heterocycles. The number of hydrogen-bond donors (Lipinski definition) is 1. The molecule has 0 aliphatic carbocycles. The highest BCUT2D eigenvalue weighted by Crippen LogP contribution is 2.22. The number of aryl methyl sites for hydroxylation is 1. The van der Waals surface area contributed by atoms with E-state index in [1.54, 1.807) is 6.92 Å². The van der Waals surface area contributed by atoms with Crippen LogP contribution in [-0.2, 0) is 0 Å². The fourth-order valence-electron chi connectivity index (χ4n) is 1.62. The average molecular weight is 300 g/mol. The molecule has 104 valence electrons. The van der Waals surface area contributed by atoms with Gasteiger partial charge in [-0.1, -0.05) is 17.7 Å². The van der Waals surface area contributed by atoms with Gasteiger partial charge in [0.05, 0.1) is 10.6 Å². The lowest BCUT2D eigenvalue weighted by Crippen LogP contribution is -2.14. The molecule has 2 rings (SSSR count). The molecule has 6 heteroatoms. The Morgan fingerprint density at radius 3 is 2.45 bits per heavy atom. The van der Waals surface area contributed by atoms with Gasteiger partial charge < -0.3 is 5.32 Å². The smallest absolute Gasteiger partial charge is 0.257 e. The molecule has 0 spiro atoms. The van der Waals surface area contributed by atoms with E-state index in [1.165, 1.54) is 12.1 Å². The first kappa shape index (κ1) is 14.4. The number of hydrogen-bond acceptors (Lipinski definition) is 1. The van der Waals surface area contributed by atoms with Crippen LogP contribution in [-0.4, -0.2) is 5.91 Å². The lowest BCUT2D eigenvalue weighted by molar-refractivity contribution is 0.102. The van der Waals surface area contributed by atoms with Crippen LogP contribution in [0.15, 0.2) is 30.3 Å². The van der Waals surface area contributed by atoms with E-state index in [4.69, 9.17) is 11.6 Å². The highest BCUT2D eigenvalue weighted by Gasteiger charge is 2.16. The molecule has 20 heavy (non-hydrogen) atoms. The summed E-state index contributed by atoms with van der Waals surface area (Å²) in [6, 6.07) is 5.26. The maximum atomic E-state index is 13.1. The highest BCUT2D eigenvalue weighted by molar-refractivity contribution is 6.34. The van der Waals surface area contributed by atoms with Crippen LogP contribution < -0.4 is 5.32 Å². The second kappa shape index (κ2) is 5.54. The summed E-state index contributed by atoms with van der Waals surface area (Å²) in [4.78, 5) is 12.0. The van der Waals surface area contributed by atoms with Gasteiger partial charge in [0.1, 0.15) is 5.82 Å². The summed E-state index contributed by atoms with van der Waals surface area (Å²) in [5, 5.41) is 2.18. The van der Waals surface area contributed by atoms with Gasteiger partial charge in [0.15, 0.2) is 11.6 Å². The zero-order chi connectivity index (χ0) is 14.9. The minimum Gasteiger partial charge on any atom is -0.322 e. The Morgan fingerprint density at radius 1 is 1.10 bits per heavy atom. The SMILES string of the molecule is Cc1ccc(F)cc1NC(=O)c1cc(F)c(F)cc1Cl. The van der Waals surface area contributed by atoms with Crippen LogP contribution in [0.4, 0.5) is 18.9 Å². The van der Waals surface area contributed by atoms with Crippen molar-refractivity contribution in [1.29, 1.82) is 0 Å². The molecular formula is C14H9ClF3NO. The van der Waals surface area contributed by atoms with Gasteiger partial charge in [0, 0.05) is 5.69 Å². The summed E-state index contributed by atoms with van der Waals surface area (Å²) < 4.78 is 39.2. The largest absolute Gasteiger partial charge is 0.322 e. The number of benzene rings is 2. The summed E-state index contributed by atoms with van der Waals surface area (Å²) >= 11 is 5.69. The Balaban J connectivity index is 2.33. The van der Waals surface area contributed by atoms with Gasteiger partial charge in [0.25, 0.3) is 5.91 Å². The van der Waals surface area contributed by atoms with Gasteiger partial charge in [-0.3, -0.25) is 4.79 Å². The summed E-state index contributed by atoms with van der Waals surface area (Å²) in [6.07, 6.45) is 0. The molecule has 1 N–H and O–H groups in total. The predicted octanol–water partition coefficient (Wildman–Crippen LogP) is 4.32. The van der Waals surface area contributed by atoms with Crippen molar-refractivity contribution < 1.29 is 18.0 Å². The number of amides is 1. The van der Waals surface area contributed by atoms with E-state index >= 15 is 0 Å². The average Bonchev–Trinajstić information content (AvgIpc) is 2.38. The van der Waals surface area contributed by atoms with Crippen molar-refractivity contribution in [2.45, 2.75) is 6.92 Å². The van der Waals surface area contributed by atoms with E-state index in [2.05, 4.69) is 5.32 Å². The summed E-state index contributed by atoms with van der Waals surface area (Å²) in [5.41, 5.74) is 0.628. The molecule has 1 amide bonds. The molecule has 2 aromatic carbocycles. The van der Waals surface area contributed by atoms with Gasteiger partial charge in [0.2, 0.25) is 0 Å². The Bertz CT molecular complexity index is 688. The summed E-state index contributed by atoms with van der Waals surface area (Å²) in [6.45, 7) is 1.67. The van der Waals surface area contributed by atoms with Crippen molar-refractivity contribution >= 4 is 23.2 Å². The van der Waals surface area contributed by atoms with Crippen LogP contribution in [0.25, 0.3) is 0 Å². The summed E-state index contributed by atoms with van der Waals surface area (Å²) in [5.74, 6) is -3.60. The minimum absolute atomic E-state index is 0.226. The van der Waals surface area contributed by atoms with Gasteiger partial charge in [-0.05, 0) is 36.8 Å². The fourth-order valence-corrected chi connectivity index (χ4v) is 1.85. The molecule has 2 nitrogen and oxygen atoms in total. The topological polar surface area (TPSA) is 29.1 Å². The highest BCUT2D eigenvalue weighted by atomic mass is 35.5. The number of carbonyl (C=O) groups excluding carboxylic acids is 1. The van der Waals surface area contributed by atoms with Crippen molar-refractivity contribution in [1.82, 2.24) is 0 Å². The van der Waals surface area contributed by atoms with Gasteiger partial charge >= 0.3 is 0 Å². The summed E-state index contributed by atoms with van der Waals surface area (Å²) in [7, 11) is 0. The van der Waals surface area contributed by atoms with E-state index in [9.17, 15) is 18.0 Å². The Hall–Kier alpha value is -2.01. The third kappa shape index (κ3) is 2.93. The number of carbonyl (C=O) groups is 1. The van der Waals surface area contributed by atoms with Gasteiger partial charge in [-0.2, -0.15) is 0 Å².